The van der Waals surface area contributed by atoms with Crippen LogP contribution < -0.4 is 54.4 Å². The standard InChI is InChI=1S/C54H68F2N12O8S2/c1-30(2)46(54(76)67-45(29-78)52(74)63-41(47(59)69)23-32-14-18-36(56)19-15-32)68-49(71)40(11-5-6-20-57)62-51(73)43(25-34-27-61-39-10-4-3-9-37(34)39)65-50(72)42(24-33-8-7-21-60-26-33)64-53(75)44(28-77)66-48(70)38(58)22-31-12-16-35(55)17-13-31/h3-4,7-10,12-19,21,26-27,30,38,40-46,61,77-78H,5-6,11,20,22-25,28-29,57-58H2,1-2H3,(H2,59,69)(H,62,73)(H,63,74)(H,64,75)(H,65,72)(H,66,70)(H,67,76)(H,68,71)/t38-,40+,41-,42+,43-,44-,45+,46+/m1/s1. The van der Waals surface area contributed by atoms with Crippen LogP contribution in [-0.2, 0) is 64.0 Å². The Morgan fingerprint density at radius 1 is 0.564 bits per heavy atom. The largest absolute Gasteiger partial charge is 0.368 e. The zero-order chi connectivity index (χ0) is 56.9. The number of H-pyrrole nitrogens is 1. The van der Waals surface area contributed by atoms with E-state index in [1.165, 1.54) is 60.9 Å². The maximum Gasteiger partial charge on any atom is 0.244 e. The molecule has 24 heteroatoms. The van der Waals surface area contributed by atoms with Crippen molar-refractivity contribution in [3.63, 3.8) is 0 Å². The first-order chi connectivity index (χ1) is 37.3. The van der Waals surface area contributed by atoms with E-state index in [0.29, 0.717) is 35.1 Å². The molecule has 5 aromatic rings. The van der Waals surface area contributed by atoms with E-state index >= 15 is 0 Å². The Bertz CT molecular complexity index is 2830. The van der Waals surface area contributed by atoms with E-state index in [4.69, 9.17) is 17.2 Å². The number of pyridine rings is 1. The van der Waals surface area contributed by atoms with Crippen molar-refractivity contribution >= 4 is 83.4 Å². The summed E-state index contributed by atoms with van der Waals surface area (Å²) < 4.78 is 27.1. The minimum Gasteiger partial charge on any atom is -0.368 e. The van der Waals surface area contributed by atoms with Crippen LogP contribution in [0.25, 0.3) is 10.9 Å². The van der Waals surface area contributed by atoms with E-state index in [9.17, 15) is 47.1 Å². The quantitative estimate of drug-likeness (QED) is 0.0227. The summed E-state index contributed by atoms with van der Waals surface area (Å²) in [5.41, 5.74) is 20.6. The molecule has 418 valence electrons. The van der Waals surface area contributed by atoms with Crippen LogP contribution in [0.1, 0.15) is 55.4 Å². The fourth-order valence-electron chi connectivity index (χ4n) is 8.31. The predicted molar refractivity (Wildman–Crippen MR) is 296 cm³/mol. The number of benzene rings is 3. The molecule has 78 heavy (non-hydrogen) atoms. The highest BCUT2D eigenvalue weighted by Crippen LogP contribution is 2.20. The van der Waals surface area contributed by atoms with Gasteiger partial charge in [0.15, 0.2) is 0 Å². The molecule has 0 saturated carbocycles. The zero-order valence-electron chi connectivity index (χ0n) is 43.2. The molecule has 0 aliphatic rings. The van der Waals surface area contributed by atoms with E-state index in [-0.39, 0.29) is 50.2 Å². The van der Waals surface area contributed by atoms with Crippen molar-refractivity contribution in [1.82, 2.24) is 47.2 Å². The van der Waals surface area contributed by atoms with Crippen LogP contribution in [-0.4, -0.2) is 124 Å². The molecule has 0 bridgehead atoms. The molecule has 8 atom stereocenters. The molecule has 0 saturated heterocycles. The lowest BCUT2D eigenvalue weighted by atomic mass is 10.00. The highest BCUT2D eigenvalue weighted by atomic mass is 32.1. The number of nitrogens with one attached hydrogen (secondary N) is 8. The molecule has 0 aliphatic heterocycles. The van der Waals surface area contributed by atoms with Gasteiger partial charge in [-0.25, -0.2) is 8.78 Å². The van der Waals surface area contributed by atoms with Crippen LogP contribution in [0.4, 0.5) is 8.78 Å². The van der Waals surface area contributed by atoms with Crippen LogP contribution in [0.15, 0.2) is 104 Å². The van der Waals surface area contributed by atoms with E-state index in [1.54, 1.807) is 38.2 Å². The Morgan fingerprint density at radius 2 is 1.06 bits per heavy atom. The van der Waals surface area contributed by atoms with Crippen molar-refractivity contribution in [2.45, 2.75) is 107 Å². The molecular weight excluding hydrogens is 1050 g/mol. The smallest absolute Gasteiger partial charge is 0.244 e. The van der Waals surface area contributed by atoms with Gasteiger partial charge in [0.05, 0.1) is 6.04 Å². The van der Waals surface area contributed by atoms with Gasteiger partial charge in [0.25, 0.3) is 0 Å². The van der Waals surface area contributed by atoms with E-state index < -0.39 is 113 Å². The van der Waals surface area contributed by atoms with E-state index in [1.807, 2.05) is 18.2 Å². The van der Waals surface area contributed by atoms with Crippen molar-refractivity contribution in [2.24, 2.45) is 23.1 Å². The monoisotopic (exact) mass is 1110 g/mol. The molecule has 14 N–H and O–H groups in total. The number of halogens is 2. The minimum atomic E-state index is -1.40. The third-order valence-electron chi connectivity index (χ3n) is 12.7. The first-order valence-corrected chi connectivity index (χ1v) is 26.6. The van der Waals surface area contributed by atoms with Gasteiger partial charge < -0.3 is 59.4 Å². The highest BCUT2D eigenvalue weighted by molar-refractivity contribution is 7.80. The summed E-state index contributed by atoms with van der Waals surface area (Å²) in [5, 5.41) is 19.4. The van der Waals surface area contributed by atoms with Crippen molar-refractivity contribution < 1.29 is 47.1 Å². The van der Waals surface area contributed by atoms with Crippen molar-refractivity contribution in [2.75, 3.05) is 18.1 Å². The first-order valence-electron chi connectivity index (χ1n) is 25.3. The number of rotatable bonds is 30. The minimum absolute atomic E-state index is 0.0308. The number of primary amides is 1. The van der Waals surface area contributed by atoms with Gasteiger partial charge in [-0.15, -0.1) is 0 Å². The molecule has 0 fully saturated rings. The SMILES string of the molecule is CC(C)[C@H](NC(=O)[C@H](CCCCN)NC(=O)[C@@H](Cc1c[nH]c2ccccc12)NC(=O)[C@H](Cc1cccnc1)NC(=O)[C@@H](CS)NC(=O)[C@H](N)Cc1ccc(F)cc1)C(=O)N[C@@H](CS)C(=O)N[C@H](Cc1ccc(F)cc1)C(N)=O. The van der Waals surface area contributed by atoms with Gasteiger partial charge >= 0.3 is 0 Å². The fourth-order valence-corrected chi connectivity index (χ4v) is 8.82. The second-order valence-electron chi connectivity index (χ2n) is 19.0. The summed E-state index contributed by atoms with van der Waals surface area (Å²) in [6, 6.07) is 11.0. The van der Waals surface area contributed by atoms with Gasteiger partial charge in [-0.05, 0) is 96.8 Å². The zero-order valence-corrected chi connectivity index (χ0v) is 45.0. The number of para-hydroxylation sites is 1. The molecule has 2 aromatic heterocycles. The van der Waals surface area contributed by atoms with Crippen LogP contribution in [0.3, 0.4) is 0 Å². The van der Waals surface area contributed by atoms with Crippen LogP contribution in [0.2, 0.25) is 0 Å². The second-order valence-corrected chi connectivity index (χ2v) is 19.8. The molecule has 0 unspecified atom stereocenters. The number of aromatic amines is 1. The van der Waals surface area contributed by atoms with Crippen molar-refractivity contribution in [3.8, 4) is 0 Å². The Hall–Kier alpha value is -7.41. The summed E-state index contributed by atoms with van der Waals surface area (Å²) in [5.74, 6) is -8.33. The topological polar surface area (TPSA) is 328 Å². The molecule has 20 nitrogen and oxygen atoms in total. The summed E-state index contributed by atoms with van der Waals surface area (Å²) in [7, 11) is 0. The molecule has 8 amide bonds. The Labute approximate surface area is 461 Å². The van der Waals surface area contributed by atoms with Gasteiger partial charge in [-0.2, -0.15) is 25.3 Å². The van der Waals surface area contributed by atoms with Crippen LogP contribution in [0.5, 0.6) is 0 Å². The number of nitrogens with two attached hydrogens (primary N) is 3. The van der Waals surface area contributed by atoms with Gasteiger partial charge in [0.2, 0.25) is 47.3 Å². The number of nitrogens with zero attached hydrogens (tertiary/aromatic N) is 1. The Morgan fingerprint density at radius 3 is 1.62 bits per heavy atom. The number of hydrogen-bond donors (Lipinski definition) is 13. The van der Waals surface area contributed by atoms with Crippen LogP contribution >= 0.6 is 25.3 Å². The van der Waals surface area contributed by atoms with Crippen LogP contribution in [0, 0.1) is 17.6 Å². The number of hydrogen-bond acceptors (Lipinski definition) is 13. The van der Waals surface area contributed by atoms with Crippen molar-refractivity contribution in [3.05, 3.63) is 137 Å². The third kappa shape index (κ3) is 18.7. The Kier molecular flexibility index (Phi) is 24.0. The molecular formula is C54H68F2N12O8S2. The normalized spacial score (nSPS) is 14.3. The highest BCUT2D eigenvalue weighted by Gasteiger charge is 2.35. The lowest BCUT2D eigenvalue weighted by Crippen LogP contribution is -2.61. The average Bonchev–Trinajstić information content (AvgIpc) is 3.84. The molecule has 0 radical (unpaired) electrons. The van der Waals surface area contributed by atoms with Gasteiger partial charge in [-0.1, -0.05) is 62.4 Å². The number of carbonyl (C=O) groups excluding carboxylic acids is 8. The summed E-state index contributed by atoms with van der Waals surface area (Å²) in [6.07, 6.45) is 5.29. The molecule has 0 spiro atoms. The number of aromatic nitrogens is 2. The van der Waals surface area contributed by atoms with E-state index in [2.05, 4.69) is 72.4 Å². The van der Waals surface area contributed by atoms with Crippen molar-refractivity contribution in [1.29, 1.82) is 0 Å². The maximum absolute atomic E-state index is 14.8. The lowest BCUT2D eigenvalue weighted by Gasteiger charge is -2.29. The molecule has 5 rings (SSSR count). The summed E-state index contributed by atoms with van der Waals surface area (Å²) in [6.45, 7) is 3.56. The number of thiol groups is 2. The molecule has 2 heterocycles. The Balaban J connectivity index is 1.36. The summed E-state index contributed by atoms with van der Waals surface area (Å²) in [4.78, 5) is 118. The third-order valence-corrected chi connectivity index (χ3v) is 13.4. The number of amides is 8. The lowest BCUT2D eigenvalue weighted by molar-refractivity contribution is -0.136. The molecule has 3 aromatic carbocycles. The van der Waals surface area contributed by atoms with Gasteiger partial charge in [0.1, 0.15) is 53.9 Å². The van der Waals surface area contributed by atoms with Gasteiger partial charge in [0, 0.05) is 60.3 Å². The maximum atomic E-state index is 14.8. The second kappa shape index (κ2) is 30.5. The van der Waals surface area contributed by atoms with E-state index in [0.717, 1.165) is 10.9 Å². The number of unbranched alkanes of at least 4 members (excludes halogenated alkanes) is 1. The number of fused-ring (bicyclic) bond motifs is 1. The molecule has 0 aliphatic carbocycles. The fraction of sp³-hybridized carbons (Fsp3) is 0.389. The summed E-state index contributed by atoms with van der Waals surface area (Å²) >= 11 is 8.55. The van der Waals surface area contributed by atoms with Gasteiger partial charge in [-0.3, -0.25) is 43.3 Å². The average molecular weight is 1120 g/mol. The predicted octanol–water partition coefficient (Wildman–Crippen LogP) is 0.963. The number of carbonyl (C=O) groups is 8. The first kappa shape index (κ1) is 61.4.